The minimum atomic E-state index is -0.186. The fourth-order valence-corrected chi connectivity index (χ4v) is 2.00. The van der Waals surface area contributed by atoms with Crippen LogP contribution in [0.1, 0.15) is 0 Å². The zero-order chi connectivity index (χ0) is 11.4. The first kappa shape index (κ1) is 8.45. The van der Waals surface area contributed by atoms with Gasteiger partial charge in [-0.1, -0.05) is 0 Å². The number of pyridine rings is 1. The third-order valence-corrected chi connectivity index (χ3v) is 2.80. The van der Waals surface area contributed by atoms with Crippen molar-refractivity contribution in [2.75, 3.05) is 0 Å². The van der Waals surface area contributed by atoms with Crippen molar-refractivity contribution >= 4 is 27.6 Å². The molecular formula is C10H6N6O. The van der Waals surface area contributed by atoms with Crippen LogP contribution in [0, 0.1) is 0 Å². The van der Waals surface area contributed by atoms with Crippen molar-refractivity contribution in [3.05, 3.63) is 35.0 Å². The molecule has 17 heavy (non-hydrogen) atoms. The molecule has 7 nitrogen and oxygen atoms in total. The van der Waals surface area contributed by atoms with Gasteiger partial charge in [0.2, 0.25) is 0 Å². The fourth-order valence-electron chi connectivity index (χ4n) is 2.00. The van der Waals surface area contributed by atoms with Crippen LogP contribution in [0.25, 0.3) is 27.6 Å². The van der Waals surface area contributed by atoms with Gasteiger partial charge in [-0.25, -0.2) is 4.98 Å². The van der Waals surface area contributed by atoms with Crippen LogP contribution in [0.2, 0.25) is 0 Å². The second-order valence-corrected chi connectivity index (χ2v) is 3.74. The van der Waals surface area contributed by atoms with Crippen molar-refractivity contribution < 1.29 is 0 Å². The molecule has 0 saturated carbocycles. The van der Waals surface area contributed by atoms with Crippen molar-refractivity contribution in [2.45, 2.75) is 0 Å². The molecule has 2 N–H and O–H groups in total. The fraction of sp³-hybridized carbons (Fsp3) is 0. The summed E-state index contributed by atoms with van der Waals surface area (Å²) in [4.78, 5) is 19.4. The summed E-state index contributed by atoms with van der Waals surface area (Å²) >= 11 is 0. The average molecular weight is 226 g/mol. The summed E-state index contributed by atoms with van der Waals surface area (Å²) < 4.78 is 1.32. The van der Waals surface area contributed by atoms with Crippen molar-refractivity contribution in [2.24, 2.45) is 0 Å². The van der Waals surface area contributed by atoms with E-state index >= 15 is 0 Å². The predicted molar refractivity (Wildman–Crippen MR) is 60.8 cm³/mol. The summed E-state index contributed by atoms with van der Waals surface area (Å²) in [6.07, 6.45) is 4.75. The van der Waals surface area contributed by atoms with Gasteiger partial charge in [0.05, 0.1) is 28.7 Å². The van der Waals surface area contributed by atoms with Gasteiger partial charge in [0.15, 0.2) is 5.65 Å². The molecule has 4 rings (SSSR count). The largest absolute Gasteiger partial charge is 0.339 e. The van der Waals surface area contributed by atoms with Gasteiger partial charge in [-0.15, -0.1) is 0 Å². The number of aromatic nitrogens is 6. The zero-order valence-corrected chi connectivity index (χ0v) is 8.51. The van der Waals surface area contributed by atoms with Crippen LogP contribution in [-0.2, 0) is 0 Å². The topological polar surface area (TPSA) is 91.7 Å². The number of hydrogen-bond acceptors (Lipinski definition) is 4. The standard InChI is InChI=1S/C10H6N6O/c17-10-6-3-11-9-5(4-12-15-9)8(6)14-7-1-2-13-16(7)10/h1-4,14H,(H,11,12,15). The van der Waals surface area contributed by atoms with E-state index in [4.69, 9.17) is 0 Å². The highest BCUT2D eigenvalue weighted by molar-refractivity contribution is 6.01. The van der Waals surface area contributed by atoms with E-state index in [9.17, 15) is 4.79 Å². The monoisotopic (exact) mass is 226 g/mol. The van der Waals surface area contributed by atoms with Crippen LogP contribution in [0.5, 0.6) is 0 Å². The number of nitrogens with zero attached hydrogens (tertiary/aromatic N) is 4. The van der Waals surface area contributed by atoms with Gasteiger partial charge in [-0.05, 0) is 0 Å². The van der Waals surface area contributed by atoms with Crippen molar-refractivity contribution in [3.8, 4) is 0 Å². The van der Waals surface area contributed by atoms with Gasteiger partial charge >= 0.3 is 0 Å². The molecule has 0 aliphatic heterocycles. The third-order valence-electron chi connectivity index (χ3n) is 2.80. The van der Waals surface area contributed by atoms with Crippen LogP contribution >= 0.6 is 0 Å². The molecule has 0 unspecified atom stereocenters. The molecule has 0 aromatic carbocycles. The molecule has 0 radical (unpaired) electrons. The number of aromatic amines is 2. The number of hydrogen-bond donors (Lipinski definition) is 2. The van der Waals surface area contributed by atoms with Crippen molar-refractivity contribution in [1.82, 2.24) is 29.8 Å². The van der Waals surface area contributed by atoms with Crippen molar-refractivity contribution in [3.63, 3.8) is 0 Å². The number of rotatable bonds is 0. The molecule has 0 aliphatic carbocycles. The van der Waals surface area contributed by atoms with Crippen LogP contribution in [0.3, 0.4) is 0 Å². The Balaban J connectivity index is 2.42. The molecule has 4 aromatic heterocycles. The van der Waals surface area contributed by atoms with Crippen molar-refractivity contribution in [1.29, 1.82) is 0 Å². The van der Waals surface area contributed by atoms with Crippen LogP contribution in [0.4, 0.5) is 0 Å². The molecular weight excluding hydrogens is 220 g/mol. The van der Waals surface area contributed by atoms with Crippen LogP contribution in [0.15, 0.2) is 29.5 Å². The molecule has 0 aliphatic rings. The first-order chi connectivity index (χ1) is 8.34. The Kier molecular flexibility index (Phi) is 1.34. The summed E-state index contributed by atoms with van der Waals surface area (Å²) in [6.45, 7) is 0. The lowest BCUT2D eigenvalue weighted by Crippen LogP contribution is -2.15. The van der Waals surface area contributed by atoms with E-state index < -0.39 is 0 Å². The number of fused-ring (bicyclic) bond motifs is 4. The quantitative estimate of drug-likeness (QED) is 0.455. The molecule has 4 aromatic rings. The van der Waals surface area contributed by atoms with Gasteiger partial charge < -0.3 is 4.98 Å². The molecule has 0 fully saturated rings. The molecule has 0 amide bonds. The SMILES string of the molecule is O=c1c2cnc3[nH]ncc3c2[nH]c2ccnn12. The van der Waals surface area contributed by atoms with E-state index in [1.165, 1.54) is 10.7 Å². The maximum Gasteiger partial charge on any atom is 0.283 e. The van der Waals surface area contributed by atoms with Gasteiger partial charge in [-0.3, -0.25) is 9.89 Å². The Morgan fingerprint density at radius 3 is 3.12 bits per heavy atom. The summed E-state index contributed by atoms with van der Waals surface area (Å²) in [5, 5.41) is 11.9. The number of H-pyrrole nitrogens is 2. The smallest absolute Gasteiger partial charge is 0.283 e. The Labute approximate surface area is 93.1 Å². The first-order valence-corrected chi connectivity index (χ1v) is 5.02. The van der Waals surface area contributed by atoms with E-state index in [2.05, 4.69) is 25.3 Å². The highest BCUT2D eigenvalue weighted by atomic mass is 16.1. The number of nitrogens with one attached hydrogen (secondary N) is 2. The maximum atomic E-state index is 12.1. The second-order valence-electron chi connectivity index (χ2n) is 3.74. The highest BCUT2D eigenvalue weighted by Gasteiger charge is 2.10. The normalized spacial score (nSPS) is 11.8. The van der Waals surface area contributed by atoms with E-state index in [-0.39, 0.29) is 5.56 Å². The van der Waals surface area contributed by atoms with E-state index in [0.717, 1.165) is 10.9 Å². The predicted octanol–water partition coefficient (Wildman–Crippen LogP) is 0.447. The van der Waals surface area contributed by atoms with E-state index in [1.807, 2.05) is 0 Å². The first-order valence-electron chi connectivity index (χ1n) is 5.02. The molecule has 0 spiro atoms. The van der Waals surface area contributed by atoms with E-state index in [1.54, 1.807) is 18.5 Å². The molecule has 7 heteroatoms. The average Bonchev–Trinajstić information content (AvgIpc) is 2.96. The Morgan fingerprint density at radius 1 is 1.24 bits per heavy atom. The molecule has 4 heterocycles. The molecule has 0 bridgehead atoms. The Bertz CT molecular complexity index is 915. The zero-order valence-electron chi connectivity index (χ0n) is 8.51. The Hall–Kier alpha value is -2.70. The van der Waals surface area contributed by atoms with Gasteiger partial charge in [0.25, 0.3) is 5.56 Å². The molecule has 0 saturated heterocycles. The third kappa shape index (κ3) is 0.949. The van der Waals surface area contributed by atoms with Crippen LogP contribution < -0.4 is 5.56 Å². The highest BCUT2D eigenvalue weighted by Crippen LogP contribution is 2.17. The van der Waals surface area contributed by atoms with E-state index in [0.29, 0.717) is 16.7 Å². The second kappa shape index (κ2) is 2.70. The summed E-state index contributed by atoms with van der Waals surface area (Å²) in [6, 6.07) is 1.74. The lowest BCUT2D eigenvalue weighted by Gasteiger charge is -2.00. The lowest BCUT2D eigenvalue weighted by atomic mass is 10.2. The van der Waals surface area contributed by atoms with Crippen LogP contribution in [-0.4, -0.2) is 29.8 Å². The lowest BCUT2D eigenvalue weighted by molar-refractivity contribution is 0.915. The minimum Gasteiger partial charge on any atom is -0.339 e. The van der Waals surface area contributed by atoms with Gasteiger partial charge in [-0.2, -0.15) is 14.7 Å². The minimum absolute atomic E-state index is 0.186. The molecule has 82 valence electrons. The summed E-state index contributed by atoms with van der Waals surface area (Å²) in [5.41, 5.74) is 1.84. The summed E-state index contributed by atoms with van der Waals surface area (Å²) in [5.74, 6) is 0. The van der Waals surface area contributed by atoms with Gasteiger partial charge in [0.1, 0.15) is 5.65 Å². The Morgan fingerprint density at radius 2 is 2.18 bits per heavy atom. The molecule has 0 atom stereocenters. The maximum absolute atomic E-state index is 12.1. The summed E-state index contributed by atoms with van der Waals surface area (Å²) in [7, 11) is 0. The van der Waals surface area contributed by atoms with Gasteiger partial charge in [0, 0.05) is 12.3 Å².